The van der Waals surface area contributed by atoms with Gasteiger partial charge in [0.2, 0.25) is 0 Å². The number of aryl methyl sites for hydroxylation is 1. The Morgan fingerprint density at radius 3 is 2.34 bits per heavy atom. The molecule has 3 heteroatoms. The summed E-state index contributed by atoms with van der Waals surface area (Å²) < 4.78 is 0. The molecule has 2 aromatic carbocycles. The van der Waals surface area contributed by atoms with Gasteiger partial charge >= 0.3 is 0 Å². The molecule has 0 bridgehead atoms. The van der Waals surface area contributed by atoms with Crippen molar-refractivity contribution in [2.75, 3.05) is 6.54 Å². The molecule has 0 fully saturated rings. The van der Waals surface area contributed by atoms with Crippen LogP contribution in [-0.2, 0) is 19.6 Å². The van der Waals surface area contributed by atoms with Crippen molar-refractivity contribution in [3.63, 3.8) is 0 Å². The quantitative estimate of drug-likeness (QED) is 0.541. The Bertz CT molecular complexity index is 965. The lowest BCUT2D eigenvalue weighted by Crippen LogP contribution is -2.23. The topological polar surface area (TPSA) is 37.0 Å². The minimum atomic E-state index is 0.968. The van der Waals surface area contributed by atoms with E-state index in [4.69, 9.17) is 0 Å². The molecule has 5 rings (SSSR count). The summed E-state index contributed by atoms with van der Waals surface area (Å²) in [6, 6.07) is 15.0. The molecule has 150 valence electrons. The molecule has 0 saturated carbocycles. The van der Waals surface area contributed by atoms with E-state index in [0.717, 1.165) is 38.1 Å². The summed E-state index contributed by atoms with van der Waals surface area (Å²) in [4.78, 5) is 4.36. The summed E-state index contributed by atoms with van der Waals surface area (Å²) in [5, 5.41) is 8.16. The number of allylic oxidation sites excluding steroid dienone is 1. The first kappa shape index (κ1) is 21.0. The highest BCUT2D eigenvalue weighted by Gasteiger charge is 2.14. The third-order valence-corrected chi connectivity index (χ3v) is 5.33. The molecule has 1 aromatic heterocycles. The van der Waals surface area contributed by atoms with E-state index in [0.29, 0.717) is 0 Å². The van der Waals surface area contributed by atoms with Crippen molar-refractivity contribution in [3.05, 3.63) is 95.7 Å². The maximum Gasteiger partial charge on any atom is 0.0708 e. The highest BCUT2D eigenvalue weighted by molar-refractivity contribution is 5.86. The number of rotatable bonds is 1. The van der Waals surface area contributed by atoms with E-state index in [1.807, 2.05) is 6.20 Å². The summed E-state index contributed by atoms with van der Waals surface area (Å²) >= 11 is 0. The van der Waals surface area contributed by atoms with E-state index in [1.165, 1.54) is 38.8 Å². The Kier molecular flexibility index (Phi) is 7.34. The van der Waals surface area contributed by atoms with Crippen LogP contribution in [0.1, 0.15) is 41.2 Å². The number of nitrogens with zero attached hydrogens (tertiary/aromatic N) is 1. The molecule has 0 unspecified atom stereocenters. The van der Waals surface area contributed by atoms with Crippen molar-refractivity contribution in [2.45, 2.75) is 39.9 Å². The molecule has 0 spiro atoms. The molecule has 29 heavy (non-hydrogen) atoms. The first-order chi connectivity index (χ1) is 14.3. The Morgan fingerprint density at radius 1 is 0.897 bits per heavy atom. The molecule has 3 aromatic rings. The smallest absolute Gasteiger partial charge is 0.0708 e. The van der Waals surface area contributed by atoms with E-state index >= 15 is 0 Å². The van der Waals surface area contributed by atoms with E-state index in [2.05, 4.69) is 91.2 Å². The fourth-order valence-corrected chi connectivity index (χ4v) is 4.16. The van der Waals surface area contributed by atoms with Crippen molar-refractivity contribution >= 4 is 16.5 Å². The first-order valence-corrected chi connectivity index (χ1v) is 10.3. The van der Waals surface area contributed by atoms with Crippen LogP contribution in [0.4, 0.5) is 0 Å². The van der Waals surface area contributed by atoms with Crippen molar-refractivity contribution in [1.29, 1.82) is 0 Å². The van der Waals surface area contributed by atoms with Crippen molar-refractivity contribution < 1.29 is 0 Å². The fraction of sp³-hybridized carbons (Fsp3) is 0.269. The third kappa shape index (κ3) is 4.64. The molecular formula is C26H31N3. The highest BCUT2D eigenvalue weighted by atomic mass is 14.9. The molecule has 0 amide bonds. The second-order valence-electron chi connectivity index (χ2n) is 7.24. The van der Waals surface area contributed by atoms with Crippen molar-refractivity contribution in [2.24, 2.45) is 0 Å². The summed E-state index contributed by atoms with van der Waals surface area (Å²) in [6.45, 7) is 14.4. The summed E-state index contributed by atoms with van der Waals surface area (Å²) in [7, 11) is 0. The second kappa shape index (κ2) is 10.1. The van der Waals surface area contributed by atoms with Crippen LogP contribution in [0.5, 0.6) is 0 Å². The SMILES string of the molecule is C=C.CC/C=C1/CNCc2cccc(C)c21.c1cc2c3c(ccnc3c1)CNC2. The van der Waals surface area contributed by atoms with Crippen LogP contribution in [0, 0.1) is 6.92 Å². The van der Waals surface area contributed by atoms with Crippen LogP contribution >= 0.6 is 0 Å². The van der Waals surface area contributed by atoms with Crippen LogP contribution in [0.3, 0.4) is 0 Å². The predicted octanol–water partition coefficient (Wildman–Crippen LogP) is 5.53. The molecule has 3 nitrogen and oxygen atoms in total. The van der Waals surface area contributed by atoms with Crippen LogP contribution in [0.25, 0.3) is 16.5 Å². The van der Waals surface area contributed by atoms with Gasteiger partial charge in [0.1, 0.15) is 0 Å². The summed E-state index contributed by atoms with van der Waals surface area (Å²) in [6.07, 6.45) is 5.33. The molecule has 2 aliphatic heterocycles. The lowest BCUT2D eigenvalue weighted by Gasteiger charge is -2.22. The van der Waals surface area contributed by atoms with Crippen LogP contribution in [-0.4, -0.2) is 11.5 Å². The Hall–Kier alpha value is -2.75. The molecular weight excluding hydrogens is 354 g/mol. The predicted molar refractivity (Wildman–Crippen MR) is 125 cm³/mol. The number of aromatic nitrogens is 1. The zero-order valence-corrected chi connectivity index (χ0v) is 17.6. The maximum atomic E-state index is 4.36. The lowest BCUT2D eigenvalue weighted by atomic mass is 9.91. The normalized spacial score (nSPS) is 15.6. The monoisotopic (exact) mass is 385 g/mol. The van der Waals surface area contributed by atoms with Gasteiger partial charge in [0, 0.05) is 37.8 Å². The largest absolute Gasteiger partial charge is 0.309 e. The number of pyridine rings is 1. The van der Waals surface area contributed by atoms with Gasteiger partial charge in [0.15, 0.2) is 0 Å². The van der Waals surface area contributed by atoms with Gasteiger partial charge in [-0.05, 0) is 58.9 Å². The zero-order chi connectivity index (χ0) is 20.6. The molecule has 0 saturated heterocycles. The Morgan fingerprint density at radius 2 is 1.55 bits per heavy atom. The van der Waals surface area contributed by atoms with Gasteiger partial charge in [0.25, 0.3) is 0 Å². The Labute approximate surface area is 174 Å². The summed E-state index contributed by atoms with van der Waals surface area (Å²) in [5.74, 6) is 0. The van der Waals surface area contributed by atoms with E-state index < -0.39 is 0 Å². The van der Waals surface area contributed by atoms with E-state index in [1.54, 1.807) is 0 Å². The molecule has 0 aliphatic carbocycles. The highest BCUT2D eigenvalue weighted by Crippen LogP contribution is 2.26. The molecule has 0 atom stereocenters. The standard InChI is InChI=1S/C13H17N.C11H10N2.C2H4/c1-3-5-11-8-14-9-12-7-4-6-10(2)13(11)12;1-2-8-6-12-7-9-4-5-13-10(3-1)11(8)9;1-2/h4-7,14H,3,8-9H2,1-2H3;1-5,12H,6-7H2;1-2H2/b11-5-;;. The summed E-state index contributed by atoms with van der Waals surface area (Å²) in [5.41, 5.74) is 9.65. The van der Waals surface area contributed by atoms with Gasteiger partial charge in [-0.25, -0.2) is 0 Å². The van der Waals surface area contributed by atoms with Gasteiger partial charge < -0.3 is 10.6 Å². The van der Waals surface area contributed by atoms with E-state index in [9.17, 15) is 0 Å². The number of fused-ring (bicyclic) bond motifs is 1. The van der Waals surface area contributed by atoms with Gasteiger partial charge in [-0.3, -0.25) is 4.98 Å². The van der Waals surface area contributed by atoms with Gasteiger partial charge in [0.05, 0.1) is 5.52 Å². The number of hydrogen-bond acceptors (Lipinski definition) is 3. The molecule has 2 N–H and O–H groups in total. The van der Waals surface area contributed by atoms with Gasteiger partial charge in [-0.1, -0.05) is 43.3 Å². The zero-order valence-electron chi connectivity index (χ0n) is 17.6. The van der Waals surface area contributed by atoms with Gasteiger partial charge in [-0.15, -0.1) is 13.2 Å². The van der Waals surface area contributed by atoms with Crippen molar-refractivity contribution in [3.8, 4) is 0 Å². The number of benzene rings is 2. The third-order valence-electron chi connectivity index (χ3n) is 5.33. The first-order valence-electron chi connectivity index (χ1n) is 10.3. The van der Waals surface area contributed by atoms with Crippen LogP contribution < -0.4 is 10.6 Å². The maximum absolute atomic E-state index is 4.36. The van der Waals surface area contributed by atoms with Crippen LogP contribution in [0.15, 0.2) is 67.9 Å². The molecule has 2 aliphatic rings. The lowest BCUT2D eigenvalue weighted by molar-refractivity contribution is 0.682. The second-order valence-corrected chi connectivity index (χ2v) is 7.24. The van der Waals surface area contributed by atoms with Crippen molar-refractivity contribution in [1.82, 2.24) is 15.6 Å². The van der Waals surface area contributed by atoms with E-state index in [-0.39, 0.29) is 0 Å². The Balaban J connectivity index is 0.000000153. The molecule has 3 heterocycles. The molecule has 0 radical (unpaired) electrons. The van der Waals surface area contributed by atoms with Gasteiger partial charge in [-0.2, -0.15) is 0 Å². The fourth-order valence-electron chi connectivity index (χ4n) is 4.16. The average molecular weight is 386 g/mol. The average Bonchev–Trinajstić information content (AvgIpc) is 2.77. The van der Waals surface area contributed by atoms with Crippen LogP contribution in [0.2, 0.25) is 0 Å². The number of hydrogen-bond donors (Lipinski definition) is 2. The number of nitrogens with one attached hydrogen (secondary N) is 2. The minimum absolute atomic E-state index is 0.968. The minimum Gasteiger partial charge on any atom is -0.309 e.